The predicted molar refractivity (Wildman–Crippen MR) is 127 cm³/mol. The zero-order chi connectivity index (χ0) is 24.4. The van der Waals surface area contributed by atoms with Gasteiger partial charge in [-0.15, -0.1) is 0 Å². The molecule has 0 unspecified atom stereocenters. The number of benzene rings is 2. The van der Waals surface area contributed by atoms with E-state index in [4.69, 9.17) is 16.3 Å². The summed E-state index contributed by atoms with van der Waals surface area (Å²) in [5, 5.41) is 7.76. The number of carbonyl (C=O) groups excluding carboxylic acids is 2. The van der Waals surface area contributed by atoms with Gasteiger partial charge in [0.05, 0.1) is 18.5 Å². The molecule has 4 rings (SSSR count). The number of likely N-dealkylation sites (tertiary alicyclic amines) is 1. The Morgan fingerprint density at radius 3 is 2.65 bits per heavy atom. The standard InChI is InChI=1S/C25H26ClFN4O3/c1-15-10-16(2)31(29-15)19-7-4-6-17(11-19)24(32)28-18-12-23(25(33)34-3)30(13-18)14-20-21(26)8-5-9-22(20)27/h4-11,18,23H,12-14H2,1-3H3,(H,28,32)/t18-,23+/m1/s1. The fourth-order valence-electron chi connectivity index (χ4n) is 4.39. The number of halogens is 2. The maximum absolute atomic E-state index is 14.3. The Kier molecular flexibility index (Phi) is 7.00. The predicted octanol–water partition coefficient (Wildman–Crippen LogP) is 3.83. The van der Waals surface area contributed by atoms with E-state index in [2.05, 4.69) is 10.4 Å². The molecule has 1 saturated heterocycles. The fraction of sp³-hybridized carbons (Fsp3) is 0.320. The number of nitrogens with one attached hydrogen (secondary N) is 1. The van der Waals surface area contributed by atoms with E-state index in [1.165, 1.54) is 19.2 Å². The summed E-state index contributed by atoms with van der Waals surface area (Å²) >= 11 is 6.19. The molecule has 1 aliphatic rings. The third-order valence-corrected chi connectivity index (χ3v) is 6.35. The van der Waals surface area contributed by atoms with Gasteiger partial charge in [-0.05, 0) is 56.7 Å². The van der Waals surface area contributed by atoms with E-state index in [0.717, 1.165) is 17.1 Å². The summed E-state index contributed by atoms with van der Waals surface area (Å²) in [7, 11) is 1.31. The smallest absolute Gasteiger partial charge is 0.323 e. The van der Waals surface area contributed by atoms with Crippen LogP contribution in [0.25, 0.3) is 5.69 Å². The van der Waals surface area contributed by atoms with Gasteiger partial charge in [-0.1, -0.05) is 23.7 Å². The maximum atomic E-state index is 14.3. The van der Waals surface area contributed by atoms with Crippen molar-refractivity contribution in [2.75, 3.05) is 13.7 Å². The number of aryl methyl sites for hydroxylation is 2. The average Bonchev–Trinajstić information content (AvgIpc) is 3.37. The molecule has 1 N–H and O–H groups in total. The molecule has 2 aromatic carbocycles. The molecule has 2 atom stereocenters. The van der Waals surface area contributed by atoms with Gasteiger partial charge in [-0.25, -0.2) is 9.07 Å². The van der Waals surface area contributed by atoms with Crippen LogP contribution < -0.4 is 5.32 Å². The van der Waals surface area contributed by atoms with Crippen molar-refractivity contribution in [3.63, 3.8) is 0 Å². The van der Waals surface area contributed by atoms with Gasteiger partial charge in [0.1, 0.15) is 11.9 Å². The molecule has 0 spiro atoms. The van der Waals surface area contributed by atoms with Crippen molar-refractivity contribution in [3.05, 3.63) is 81.9 Å². The topological polar surface area (TPSA) is 76.5 Å². The lowest BCUT2D eigenvalue weighted by molar-refractivity contribution is -0.146. The molecule has 178 valence electrons. The van der Waals surface area contributed by atoms with Crippen molar-refractivity contribution in [2.45, 2.75) is 38.9 Å². The Bertz CT molecular complexity index is 1210. The number of methoxy groups -OCH3 is 1. The number of amides is 1. The summed E-state index contributed by atoms with van der Waals surface area (Å²) < 4.78 is 21.1. The van der Waals surface area contributed by atoms with Crippen LogP contribution in [0.15, 0.2) is 48.5 Å². The molecule has 0 saturated carbocycles. The Morgan fingerprint density at radius 2 is 1.97 bits per heavy atom. The lowest BCUT2D eigenvalue weighted by Crippen LogP contribution is -2.38. The van der Waals surface area contributed by atoms with E-state index in [-0.39, 0.29) is 23.5 Å². The fourth-order valence-corrected chi connectivity index (χ4v) is 4.61. The quantitative estimate of drug-likeness (QED) is 0.538. The molecule has 1 aliphatic heterocycles. The van der Waals surface area contributed by atoms with Crippen LogP contribution >= 0.6 is 11.6 Å². The molecule has 3 aromatic rings. The zero-order valence-electron chi connectivity index (χ0n) is 19.2. The summed E-state index contributed by atoms with van der Waals surface area (Å²) in [6.45, 7) is 4.35. The van der Waals surface area contributed by atoms with Gasteiger partial charge >= 0.3 is 5.97 Å². The van der Waals surface area contributed by atoms with Crippen molar-refractivity contribution in [3.8, 4) is 5.69 Å². The molecule has 34 heavy (non-hydrogen) atoms. The minimum atomic E-state index is -0.619. The summed E-state index contributed by atoms with van der Waals surface area (Å²) in [5.41, 5.74) is 3.43. The third-order valence-electron chi connectivity index (χ3n) is 6.00. The van der Waals surface area contributed by atoms with Crippen LogP contribution in [-0.4, -0.2) is 52.3 Å². The lowest BCUT2D eigenvalue weighted by atomic mass is 10.1. The van der Waals surface area contributed by atoms with Gasteiger partial charge in [0, 0.05) is 41.0 Å². The highest BCUT2D eigenvalue weighted by molar-refractivity contribution is 6.31. The number of carbonyl (C=O) groups is 2. The van der Waals surface area contributed by atoms with Crippen LogP contribution in [0.5, 0.6) is 0 Å². The van der Waals surface area contributed by atoms with E-state index < -0.39 is 17.8 Å². The van der Waals surface area contributed by atoms with Crippen molar-refractivity contribution in [1.82, 2.24) is 20.0 Å². The third kappa shape index (κ3) is 4.98. The molecular formula is C25H26ClFN4O3. The highest BCUT2D eigenvalue weighted by Crippen LogP contribution is 2.27. The molecule has 1 amide bonds. The van der Waals surface area contributed by atoms with E-state index in [1.807, 2.05) is 26.0 Å². The summed E-state index contributed by atoms with van der Waals surface area (Å²) in [6, 6.07) is 12.7. The number of hydrogen-bond donors (Lipinski definition) is 1. The molecule has 1 aromatic heterocycles. The largest absolute Gasteiger partial charge is 0.468 e. The molecule has 7 nitrogen and oxygen atoms in total. The molecular weight excluding hydrogens is 459 g/mol. The highest BCUT2D eigenvalue weighted by Gasteiger charge is 2.38. The first-order chi connectivity index (χ1) is 16.3. The van der Waals surface area contributed by atoms with E-state index in [1.54, 1.807) is 33.8 Å². The first-order valence-corrected chi connectivity index (χ1v) is 11.3. The molecule has 9 heteroatoms. The van der Waals surface area contributed by atoms with Crippen LogP contribution in [0, 0.1) is 19.7 Å². The summed E-state index contributed by atoms with van der Waals surface area (Å²) in [6.07, 6.45) is 0.349. The Labute approximate surface area is 202 Å². The van der Waals surface area contributed by atoms with Crippen molar-refractivity contribution >= 4 is 23.5 Å². The molecule has 1 fully saturated rings. The van der Waals surface area contributed by atoms with Gasteiger partial charge < -0.3 is 10.1 Å². The van der Waals surface area contributed by atoms with E-state index >= 15 is 0 Å². The number of nitrogens with zero attached hydrogens (tertiary/aromatic N) is 3. The molecule has 0 radical (unpaired) electrons. The summed E-state index contributed by atoms with van der Waals surface area (Å²) in [4.78, 5) is 27.2. The normalized spacial score (nSPS) is 18.1. The van der Waals surface area contributed by atoms with Crippen molar-refractivity contribution in [1.29, 1.82) is 0 Å². The second kappa shape index (κ2) is 9.95. The van der Waals surface area contributed by atoms with E-state index in [9.17, 15) is 14.0 Å². The SMILES string of the molecule is COC(=O)[C@@H]1C[C@@H](NC(=O)c2cccc(-n3nc(C)cc3C)c2)CN1Cc1c(F)cccc1Cl. The Morgan fingerprint density at radius 1 is 1.21 bits per heavy atom. The Hall–Kier alpha value is -3.23. The first-order valence-electron chi connectivity index (χ1n) is 11.0. The van der Waals surface area contributed by atoms with Gasteiger partial charge in [0.15, 0.2) is 0 Å². The molecule has 2 heterocycles. The average molecular weight is 485 g/mol. The first kappa shape index (κ1) is 23.9. The van der Waals surface area contributed by atoms with Gasteiger partial charge in [-0.3, -0.25) is 14.5 Å². The minimum absolute atomic E-state index is 0.130. The minimum Gasteiger partial charge on any atom is -0.468 e. The highest BCUT2D eigenvalue weighted by atomic mass is 35.5. The Balaban J connectivity index is 1.50. The van der Waals surface area contributed by atoms with Crippen molar-refractivity contribution < 1.29 is 18.7 Å². The van der Waals surface area contributed by atoms with Gasteiger partial charge in [-0.2, -0.15) is 5.10 Å². The number of rotatable bonds is 6. The van der Waals surface area contributed by atoms with Crippen LogP contribution in [0.2, 0.25) is 5.02 Å². The zero-order valence-corrected chi connectivity index (χ0v) is 20.0. The van der Waals surface area contributed by atoms with Crippen LogP contribution in [0.4, 0.5) is 4.39 Å². The maximum Gasteiger partial charge on any atom is 0.323 e. The number of aromatic nitrogens is 2. The van der Waals surface area contributed by atoms with Gasteiger partial charge in [0.2, 0.25) is 0 Å². The van der Waals surface area contributed by atoms with Crippen LogP contribution in [0.1, 0.15) is 33.7 Å². The lowest BCUT2D eigenvalue weighted by Gasteiger charge is -2.23. The second-order valence-electron chi connectivity index (χ2n) is 8.46. The second-order valence-corrected chi connectivity index (χ2v) is 8.87. The van der Waals surface area contributed by atoms with Gasteiger partial charge in [0.25, 0.3) is 5.91 Å². The summed E-state index contributed by atoms with van der Waals surface area (Å²) in [5.74, 6) is -1.14. The van der Waals surface area contributed by atoms with E-state index in [0.29, 0.717) is 24.1 Å². The number of hydrogen-bond acceptors (Lipinski definition) is 5. The number of esters is 1. The number of ether oxygens (including phenoxy) is 1. The van der Waals surface area contributed by atoms with Crippen LogP contribution in [0.3, 0.4) is 0 Å². The van der Waals surface area contributed by atoms with Crippen molar-refractivity contribution in [2.24, 2.45) is 0 Å². The monoisotopic (exact) mass is 484 g/mol. The van der Waals surface area contributed by atoms with Crippen LogP contribution in [-0.2, 0) is 16.1 Å². The molecule has 0 aliphatic carbocycles. The molecule has 0 bridgehead atoms.